The largest absolute Gasteiger partial charge is 0.462 e. The summed E-state index contributed by atoms with van der Waals surface area (Å²) in [6, 6.07) is 14.0. The van der Waals surface area contributed by atoms with Crippen molar-refractivity contribution in [2.75, 3.05) is 11.9 Å². The molecule has 0 unspecified atom stereocenters. The Morgan fingerprint density at radius 3 is 2.61 bits per heavy atom. The minimum Gasteiger partial charge on any atom is -0.462 e. The smallest absolute Gasteiger partial charge is 0.338 e. The first kappa shape index (κ1) is 16.8. The zero-order chi connectivity index (χ0) is 16.7. The molecule has 5 heteroatoms. The zero-order valence-corrected chi connectivity index (χ0v) is 13.3. The van der Waals surface area contributed by atoms with E-state index in [1.165, 1.54) is 12.1 Å². The minimum atomic E-state index is -0.459. The van der Waals surface area contributed by atoms with Crippen molar-refractivity contribution >= 4 is 35.2 Å². The van der Waals surface area contributed by atoms with E-state index in [-0.39, 0.29) is 12.5 Å². The van der Waals surface area contributed by atoms with Crippen molar-refractivity contribution in [2.45, 2.75) is 6.92 Å². The van der Waals surface area contributed by atoms with Crippen molar-refractivity contribution in [3.05, 3.63) is 70.8 Å². The van der Waals surface area contributed by atoms with Crippen LogP contribution in [0.5, 0.6) is 0 Å². The van der Waals surface area contributed by atoms with Crippen molar-refractivity contribution in [1.29, 1.82) is 0 Å². The summed E-state index contributed by atoms with van der Waals surface area (Å²) in [5.41, 5.74) is 1.60. The fourth-order valence-corrected chi connectivity index (χ4v) is 2.04. The van der Waals surface area contributed by atoms with E-state index in [4.69, 9.17) is 16.3 Å². The van der Waals surface area contributed by atoms with Crippen LogP contribution in [0.1, 0.15) is 22.8 Å². The lowest BCUT2D eigenvalue weighted by Gasteiger charge is -2.08. The van der Waals surface area contributed by atoms with Crippen LogP contribution in [0, 0.1) is 0 Å². The number of hydrogen-bond donors (Lipinski definition) is 1. The second kappa shape index (κ2) is 8.15. The molecule has 1 N–H and O–H groups in total. The summed E-state index contributed by atoms with van der Waals surface area (Å²) < 4.78 is 4.92. The maximum absolute atomic E-state index is 12.0. The summed E-state index contributed by atoms with van der Waals surface area (Å²) in [6.45, 7) is 2.01. The van der Waals surface area contributed by atoms with Crippen LogP contribution >= 0.6 is 11.6 Å². The van der Waals surface area contributed by atoms with Gasteiger partial charge in [-0.25, -0.2) is 4.79 Å². The van der Waals surface area contributed by atoms with Gasteiger partial charge in [0.25, 0.3) is 0 Å². The molecular weight excluding hydrogens is 314 g/mol. The number of carbonyl (C=O) groups excluding carboxylic acids is 2. The predicted molar refractivity (Wildman–Crippen MR) is 91.5 cm³/mol. The molecule has 0 aromatic heterocycles. The van der Waals surface area contributed by atoms with Crippen molar-refractivity contribution in [3.63, 3.8) is 0 Å². The highest BCUT2D eigenvalue weighted by Crippen LogP contribution is 2.23. The highest BCUT2D eigenvalue weighted by atomic mass is 35.5. The van der Waals surface area contributed by atoms with Crippen LogP contribution in [-0.2, 0) is 9.53 Å². The predicted octanol–water partition coefficient (Wildman–Crippen LogP) is 4.17. The maximum atomic E-state index is 12.0. The molecule has 2 aromatic rings. The quantitative estimate of drug-likeness (QED) is 0.661. The SMILES string of the molecule is CCOC(=O)c1ccc(Cl)c(NC(=O)/C=C\c2ccccc2)c1. The Labute approximate surface area is 139 Å². The van der Waals surface area contributed by atoms with E-state index in [1.54, 1.807) is 25.1 Å². The number of esters is 1. The third-order valence-electron chi connectivity index (χ3n) is 2.96. The molecule has 0 heterocycles. The monoisotopic (exact) mass is 329 g/mol. The van der Waals surface area contributed by atoms with Crippen molar-refractivity contribution in [1.82, 2.24) is 0 Å². The first-order chi connectivity index (χ1) is 11.1. The summed E-state index contributed by atoms with van der Waals surface area (Å²) in [5, 5.41) is 3.00. The van der Waals surface area contributed by atoms with Gasteiger partial charge in [-0.15, -0.1) is 0 Å². The van der Waals surface area contributed by atoms with E-state index in [1.807, 2.05) is 30.3 Å². The zero-order valence-electron chi connectivity index (χ0n) is 12.6. The molecule has 23 heavy (non-hydrogen) atoms. The Bertz CT molecular complexity index is 726. The molecule has 1 amide bonds. The third-order valence-corrected chi connectivity index (χ3v) is 3.29. The van der Waals surface area contributed by atoms with Crippen LogP contribution < -0.4 is 5.32 Å². The highest BCUT2D eigenvalue weighted by Gasteiger charge is 2.10. The van der Waals surface area contributed by atoms with Crippen LogP contribution in [0.3, 0.4) is 0 Å². The van der Waals surface area contributed by atoms with Crippen molar-refractivity contribution in [3.8, 4) is 0 Å². The molecule has 118 valence electrons. The molecule has 4 nitrogen and oxygen atoms in total. The summed E-state index contributed by atoms with van der Waals surface area (Å²) in [5.74, 6) is -0.795. The molecule has 0 atom stereocenters. The Kier molecular flexibility index (Phi) is 5.94. The van der Waals surface area contributed by atoms with Gasteiger partial charge in [0.2, 0.25) is 5.91 Å². The number of nitrogens with one attached hydrogen (secondary N) is 1. The molecule has 0 fully saturated rings. The lowest BCUT2D eigenvalue weighted by atomic mass is 10.2. The van der Waals surface area contributed by atoms with Gasteiger partial charge in [-0.2, -0.15) is 0 Å². The summed E-state index contributed by atoms with van der Waals surface area (Å²) in [4.78, 5) is 23.7. The van der Waals surface area contributed by atoms with Gasteiger partial charge in [-0.3, -0.25) is 4.79 Å². The van der Waals surface area contributed by atoms with Gasteiger partial charge in [0, 0.05) is 6.08 Å². The molecule has 2 aromatic carbocycles. The summed E-state index contributed by atoms with van der Waals surface area (Å²) in [7, 11) is 0. The maximum Gasteiger partial charge on any atom is 0.338 e. The van der Waals surface area contributed by atoms with E-state index >= 15 is 0 Å². The standard InChI is InChI=1S/C18H16ClNO3/c1-2-23-18(22)14-9-10-15(19)16(12-14)20-17(21)11-8-13-6-4-3-5-7-13/h3-12H,2H2,1H3,(H,20,21)/b11-8-. The average Bonchev–Trinajstić information content (AvgIpc) is 2.56. The van der Waals surface area contributed by atoms with Gasteiger partial charge in [0.05, 0.1) is 22.9 Å². The summed E-state index contributed by atoms with van der Waals surface area (Å²) >= 11 is 6.05. The van der Waals surface area contributed by atoms with Crippen LogP contribution in [-0.4, -0.2) is 18.5 Å². The minimum absolute atomic E-state index is 0.281. The van der Waals surface area contributed by atoms with Crippen LogP contribution in [0.25, 0.3) is 6.08 Å². The molecule has 0 aliphatic rings. The Morgan fingerprint density at radius 2 is 1.91 bits per heavy atom. The molecule has 0 saturated heterocycles. The van der Waals surface area contributed by atoms with Gasteiger partial charge in [-0.1, -0.05) is 41.9 Å². The van der Waals surface area contributed by atoms with Crippen LogP contribution in [0.2, 0.25) is 5.02 Å². The third kappa shape index (κ3) is 4.97. The Balaban J connectivity index is 2.09. The first-order valence-corrected chi connectivity index (χ1v) is 7.48. The normalized spacial score (nSPS) is 10.5. The van der Waals surface area contributed by atoms with E-state index in [0.717, 1.165) is 5.56 Å². The Hall–Kier alpha value is -2.59. The molecule has 0 aliphatic heterocycles. The van der Waals surface area contributed by atoms with E-state index in [2.05, 4.69) is 5.32 Å². The van der Waals surface area contributed by atoms with Gasteiger partial charge in [0.15, 0.2) is 0 Å². The fourth-order valence-electron chi connectivity index (χ4n) is 1.87. The van der Waals surface area contributed by atoms with Crippen LogP contribution in [0.4, 0.5) is 5.69 Å². The Morgan fingerprint density at radius 1 is 1.17 bits per heavy atom. The number of rotatable bonds is 5. The first-order valence-electron chi connectivity index (χ1n) is 7.11. The number of halogens is 1. The van der Waals surface area contributed by atoms with Gasteiger partial charge < -0.3 is 10.1 Å². The second-order valence-electron chi connectivity index (χ2n) is 4.65. The molecule has 0 bridgehead atoms. The molecule has 0 spiro atoms. The number of amides is 1. The highest BCUT2D eigenvalue weighted by molar-refractivity contribution is 6.34. The van der Waals surface area contributed by atoms with E-state index < -0.39 is 5.97 Å². The van der Waals surface area contributed by atoms with Gasteiger partial charge in [0.1, 0.15) is 0 Å². The number of benzene rings is 2. The molecule has 0 saturated carbocycles. The average molecular weight is 330 g/mol. The van der Waals surface area contributed by atoms with Gasteiger partial charge in [-0.05, 0) is 36.8 Å². The number of hydrogen-bond acceptors (Lipinski definition) is 3. The summed E-state index contributed by atoms with van der Waals surface area (Å²) in [6.07, 6.45) is 3.10. The molecule has 0 aliphatic carbocycles. The van der Waals surface area contributed by atoms with E-state index in [0.29, 0.717) is 16.3 Å². The number of carbonyl (C=O) groups is 2. The molecule has 2 rings (SSSR count). The lowest BCUT2D eigenvalue weighted by molar-refractivity contribution is -0.111. The second-order valence-corrected chi connectivity index (χ2v) is 5.06. The lowest BCUT2D eigenvalue weighted by Crippen LogP contribution is -2.10. The van der Waals surface area contributed by atoms with Crippen molar-refractivity contribution in [2.24, 2.45) is 0 Å². The molecule has 0 radical (unpaired) electrons. The van der Waals surface area contributed by atoms with E-state index in [9.17, 15) is 9.59 Å². The fraction of sp³-hybridized carbons (Fsp3) is 0.111. The topological polar surface area (TPSA) is 55.4 Å². The molecular formula is C18H16ClNO3. The van der Waals surface area contributed by atoms with Gasteiger partial charge >= 0.3 is 5.97 Å². The van der Waals surface area contributed by atoms with Crippen LogP contribution in [0.15, 0.2) is 54.6 Å². The number of ether oxygens (including phenoxy) is 1. The number of anilines is 1. The van der Waals surface area contributed by atoms with Crippen molar-refractivity contribution < 1.29 is 14.3 Å².